The average molecular weight is 295 g/mol. The first-order valence-corrected chi connectivity index (χ1v) is 6.60. The fourth-order valence-corrected chi connectivity index (χ4v) is 2.26. The molecule has 6 nitrogen and oxygen atoms in total. The number of carbonyl (C=O) groups is 1. The normalized spacial score (nSPS) is 10.6. The van der Waals surface area contributed by atoms with E-state index in [2.05, 4.69) is 19.7 Å². The van der Waals surface area contributed by atoms with E-state index < -0.39 is 5.97 Å². The minimum atomic E-state index is -0.527. The Kier molecular flexibility index (Phi) is 3.42. The molecule has 3 aromatic heterocycles. The molecule has 0 atom stereocenters. The summed E-state index contributed by atoms with van der Waals surface area (Å²) < 4.78 is 4.67. The fraction of sp³-hybridized carbons (Fsp3) is 0.125. The molecule has 6 heteroatoms. The van der Waals surface area contributed by atoms with Gasteiger partial charge in [0.25, 0.3) is 0 Å². The molecule has 22 heavy (non-hydrogen) atoms. The maximum atomic E-state index is 11.6. The van der Waals surface area contributed by atoms with Crippen LogP contribution in [0.15, 0.2) is 36.7 Å². The Morgan fingerprint density at radius 3 is 2.77 bits per heavy atom. The topological polar surface area (TPSA) is 85.2 Å². The van der Waals surface area contributed by atoms with E-state index in [-0.39, 0.29) is 11.4 Å². The molecule has 0 aromatic carbocycles. The number of ether oxygens (including phenoxy) is 1. The maximum absolute atomic E-state index is 11.6. The van der Waals surface area contributed by atoms with E-state index in [9.17, 15) is 9.90 Å². The molecule has 0 saturated heterocycles. The van der Waals surface area contributed by atoms with Crippen LogP contribution in [0.25, 0.3) is 22.2 Å². The van der Waals surface area contributed by atoms with E-state index in [4.69, 9.17) is 0 Å². The molecule has 0 unspecified atom stereocenters. The number of aromatic hydroxyl groups is 1. The molecule has 0 bridgehead atoms. The van der Waals surface area contributed by atoms with Crippen LogP contribution in [0.5, 0.6) is 5.75 Å². The summed E-state index contributed by atoms with van der Waals surface area (Å²) in [5.41, 5.74) is 2.52. The molecule has 3 heterocycles. The number of esters is 1. The molecular weight excluding hydrogens is 282 g/mol. The van der Waals surface area contributed by atoms with Gasteiger partial charge in [0, 0.05) is 23.3 Å². The van der Waals surface area contributed by atoms with E-state index in [1.807, 2.05) is 6.07 Å². The minimum Gasteiger partial charge on any atom is -0.506 e. The summed E-state index contributed by atoms with van der Waals surface area (Å²) in [5, 5.41) is 10.8. The second-order valence-corrected chi connectivity index (χ2v) is 4.75. The van der Waals surface area contributed by atoms with Gasteiger partial charge in [-0.05, 0) is 31.2 Å². The first-order chi connectivity index (χ1) is 10.6. The smallest absolute Gasteiger partial charge is 0.356 e. The highest BCUT2D eigenvalue weighted by Gasteiger charge is 2.14. The van der Waals surface area contributed by atoms with Gasteiger partial charge in [-0.2, -0.15) is 0 Å². The minimum absolute atomic E-state index is 0.0157. The zero-order valence-electron chi connectivity index (χ0n) is 12.1. The van der Waals surface area contributed by atoms with E-state index in [1.165, 1.54) is 7.11 Å². The van der Waals surface area contributed by atoms with Gasteiger partial charge in [0.15, 0.2) is 0 Å². The quantitative estimate of drug-likeness (QED) is 0.731. The Hall–Kier alpha value is -3.02. The molecule has 0 aliphatic carbocycles. The lowest BCUT2D eigenvalue weighted by Gasteiger charge is -2.09. The molecule has 0 amide bonds. The number of hydrogen-bond acceptors (Lipinski definition) is 6. The molecule has 3 aromatic rings. The number of pyridine rings is 3. The molecular formula is C16H13N3O3. The van der Waals surface area contributed by atoms with Crippen LogP contribution in [0.2, 0.25) is 0 Å². The number of aryl methyl sites for hydroxylation is 1. The first kappa shape index (κ1) is 13.9. The van der Waals surface area contributed by atoms with Crippen molar-refractivity contribution in [3.8, 4) is 17.0 Å². The van der Waals surface area contributed by atoms with Crippen LogP contribution in [0.1, 0.15) is 16.2 Å². The van der Waals surface area contributed by atoms with E-state index in [0.717, 1.165) is 0 Å². The number of rotatable bonds is 2. The van der Waals surface area contributed by atoms with Crippen LogP contribution >= 0.6 is 0 Å². The van der Waals surface area contributed by atoms with Crippen LogP contribution in [-0.2, 0) is 4.74 Å². The highest BCUT2D eigenvalue weighted by molar-refractivity contribution is 5.94. The summed E-state index contributed by atoms with van der Waals surface area (Å²) in [7, 11) is 1.30. The lowest BCUT2D eigenvalue weighted by molar-refractivity contribution is 0.0594. The van der Waals surface area contributed by atoms with E-state index >= 15 is 0 Å². The summed E-state index contributed by atoms with van der Waals surface area (Å²) in [6, 6.07) is 6.69. The van der Waals surface area contributed by atoms with Crippen molar-refractivity contribution in [2.45, 2.75) is 6.92 Å². The third-order valence-electron chi connectivity index (χ3n) is 3.28. The monoisotopic (exact) mass is 295 g/mol. The number of methoxy groups -OCH3 is 1. The zero-order valence-corrected chi connectivity index (χ0v) is 12.1. The SMILES string of the molecule is COC(=O)c1cc2cc(O)c(-c3cccnc3)nc2c(C)n1. The van der Waals surface area contributed by atoms with Crippen LogP contribution in [-0.4, -0.2) is 33.1 Å². The second kappa shape index (κ2) is 5.40. The fourth-order valence-electron chi connectivity index (χ4n) is 2.26. The zero-order chi connectivity index (χ0) is 15.7. The first-order valence-electron chi connectivity index (χ1n) is 6.60. The predicted octanol–water partition coefficient (Wildman–Crippen LogP) is 2.49. The summed E-state index contributed by atoms with van der Waals surface area (Å²) >= 11 is 0. The van der Waals surface area contributed by atoms with Gasteiger partial charge < -0.3 is 9.84 Å². The standard InChI is InChI=1S/C16H13N3O3/c1-9-14-11(6-12(18-9)16(21)22-2)7-13(20)15(19-14)10-4-3-5-17-8-10/h3-8,20H,1-2H3. The largest absolute Gasteiger partial charge is 0.506 e. The Morgan fingerprint density at radius 1 is 1.27 bits per heavy atom. The van der Waals surface area contributed by atoms with Crippen LogP contribution in [0.3, 0.4) is 0 Å². The van der Waals surface area contributed by atoms with Crippen LogP contribution < -0.4 is 0 Å². The summed E-state index contributed by atoms with van der Waals surface area (Å²) in [5.74, 6) is -0.511. The van der Waals surface area contributed by atoms with Crippen molar-refractivity contribution in [1.82, 2.24) is 15.0 Å². The molecule has 3 rings (SSSR count). The Bertz CT molecular complexity index is 863. The molecule has 0 fully saturated rings. The van der Waals surface area contributed by atoms with E-state index in [0.29, 0.717) is 27.9 Å². The number of aromatic nitrogens is 3. The van der Waals surface area contributed by atoms with Gasteiger partial charge in [-0.3, -0.25) is 4.98 Å². The van der Waals surface area contributed by atoms with Crippen molar-refractivity contribution < 1.29 is 14.6 Å². The Labute approximate surface area is 126 Å². The second-order valence-electron chi connectivity index (χ2n) is 4.75. The predicted molar refractivity (Wildman–Crippen MR) is 80.5 cm³/mol. The molecule has 0 aliphatic heterocycles. The summed E-state index contributed by atoms with van der Waals surface area (Å²) in [6.07, 6.45) is 3.27. The maximum Gasteiger partial charge on any atom is 0.356 e. The lowest BCUT2D eigenvalue weighted by Crippen LogP contribution is -2.06. The van der Waals surface area contributed by atoms with E-state index in [1.54, 1.807) is 37.5 Å². The lowest BCUT2D eigenvalue weighted by atomic mass is 10.1. The molecule has 0 aliphatic rings. The molecule has 1 N–H and O–H groups in total. The van der Waals surface area contributed by atoms with Crippen molar-refractivity contribution in [1.29, 1.82) is 0 Å². The van der Waals surface area contributed by atoms with Gasteiger partial charge in [0.05, 0.1) is 18.3 Å². The van der Waals surface area contributed by atoms with Gasteiger partial charge in [0.1, 0.15) is 17.1 Å². The van der Waals surface area contributed by atoms with Gasteiger partial charge >= 0.3 is 5.97 Å². The summed E-state index contributed by atoms with van der Waals surface area (Å²) in [4.78, 5) is 24.3. The highest BCUT2D eigenvalue weighted by atomic mass is 16.5. The molecule has 0 spiro atoms. The molecule has 0 radical (unpaired) electrons. The average Bonchev–Trinajstić information content (AvgIpc) is 2.54. The molecule has 110 valence electrons. The van der Waals surface area contributed by atoms with Gasteiger partial charge in [0.2, 0.25) is 0 Å². The number of fused-ring (bicyclic) bond motifs is 1. The van der Waals surface area contributed by atoms with Gasteiger partial charge in [-0.25, -0.2) is 14.8 Å². The van der Waals surface area contributed by atoms with Gasteiger partial charge in [-0.1, -0.05) is 0 Å². The number of nitrogens with zero attached hydrogens (tertiary/aromatic N) is 3. The van der Waals surface area contributed by atoms with Crippen LogP contribution in [0.4, 0.5) is 0 Å². The third kappa shape index (κ3) is 2.35. The highest BCUT2D eigenvalue weighted by Crippen LogP contribution is 2.31. The van der Waals surface area contributed by atoms with Crippen LogP contribution in [0, 0.1) is 6.92 Å². The summed E-state index contributed by atoms with van der Waals surface area (Å²) in [6.45, 7) is 1.76. The van der Waals surface area contributed by atoms with Gasteiger partial charge in [-0.15, -0.1) is 0 Å². The number of hydrogen-bond donors (Lipinski definition) is 1. The molecule has 0 saturated carbocycles. The van der Waals surface area contributed by atoms with Crippen molar-refractivity contribution in [3.05, 3.63) is 48.0 Å². The Balaban J connectivity index is 2.23. The van der Waals surface area contributed by atoms with Crippen molar-refractivity contribution in [2.75, 3.05) is 7.11 Å². The third-order valence-corrected chi connectivity index (χ3v) is 3.28. The van der Waals surface area contributed by atoms with Crippen molar-refractivity contribution in [3.63, 3.8) is 0 Å². The van der Waals surface area contributed by atoms with Crippen molar-refractivity contribution >= 4 is 16.9 Å². The number of carbonyl (C=O) groups excluding carboxylic acids is 1. The Morgan fingerprint density at radius 2 is 2.09 bits per heavy atom. The van der Waals surface area contributed by atoms with Crippen molar-refractivity contribution in [2.24, 2.45) is 0 Å².